The number of hydrogen-bond acceptors (Lipinski definition) is 5. The molecule has 0 saturated carbocycles. The normalized spacial score (nSPS) is 13.5. The number of carbonyl (C=O) groups excluding carboxylic acids is 1. The summed E-state index contributed by atoms with van der Waals surface area (Å²) in [5.74, 6) is -1.88. The van der Waals surface area contributed by atoms with Crippen molar-refractivity contribution in [2.75, 3.05) is 0 Å². The summed E-state index contributed by atoms with van der Waals surface area (Å²) >= 11 is 0. The van der Waals surface area contributed by atoms with Crippen molar-refractivity contribution in [2.45, 2.75) is 45.7 Å². The second-order valence-electron chi connectivity index (χ2n) is 4.78. The number of nitrogens with one attached hydrogen (secondary N) is 1. The van der Waals surface area contributed by atoms with Crippen molar-refractivity contribution in [3.05, 3.63) is 22.0 Å². The number of aromatic carboxylic acids is 1. The molecule has 1 rings (SSSR count). The van der Waals surface area contributed by atoms with Gasteiger partial charge >= 0.3 is 11.7 Å². The first kappa shape index (κ1) is 16.6. The molecule has 116 valence electrons. The zero-order valence-corrected chi connectivity index (χ0v) is 12.1. The molecule has 1 aromatic rings. The van der Waals surface area contributed by atoms with Gasteiger partial charge in [0.15, 0.2) is 0 Å². The molecule has 2 unspecified atom stereocenters. The Bertz CT molecular complexity index is 522. The first-order valence-corrected chi connectivity index (χ1v) is 6.55. The predicted molar refractivity (Wildman–Crippen MR) is 73.1 cm³/mol. The fraction of sp³-hybridized carbons (Fsp3) is 0.583. The summed E-state index contributed by atoms with van der Waals surface area (Å²) in [7, 11) is 0. The lowest BCUT2D eigenvalue weighted by molar-refractivity contribution is -0.385. The molecule has 0 bridgehead atoms. The first-order chi connectivity index (χ1) is 9.77. The molecule has 2 N–H and O–H groups in total. The molecule has 2 atom stereocenters. The standard InChI is InChI=1S/C12H18N4O5/c1-4-5-7(2)13-11(17)8(3)15-6-9(16(20)21)10(14-15)12(18)19/h6-8H,4-5H2,1-3H3,(H,13,17)(H,18,19). The van der Waals surface area contributed by atoms with Gasteiger partial charge in [-0.1, -0.05) is 13.3 Å². The largest absolute Gasteiger partial charge is 0.476 e. The Labute approximate surface area is 121 Å². The van der Waals surface area contributed by atoms with E-state index in [0.29, 0.717) is 0 Å². The van der Waals surface area contributed by atoms with E-state index in [0.717, 1.165) is 23.7 Å². The van der Waals surface area contributed by atoms with E-state index in [1.54, 1.807) is 0 Å². The molecule has 0 fully saturated rings. The Morgan fingerprint density at radius 1 is 1.52 bits per heavy atom. The van der Waals surface area contributed by atoms with Gasteiger partial charge in [0, 0.05) is 6.04 Å². The lowest BCUT2D eigenvalue weighted by Gasteiger charge is -2.17. The molecule has 21 heavy (non-hydrogen) atoms. The Morgan fingerprint density at radius 2 is 2.14 bits per heavy atom. The number of nitrogens with zero attached hydrogens (tertiary/aromatic N) is 3. The van der Waals surface area contributed by atoms with Crippen LogP contribution in [0.1, 0.15) is 50.1 Å². The minimum absolute atomic E-state index is 0.0329. The number of carboxylic acids is 1. The molecule has 0 spiro atoms. The number of carbonyl (C=O) groups is 2. The van der Waals surface area contributed by atoms with Crippen LogP contribution in [0.25, 0.3) is 0 Å². The van der Waals surface area contributed by atoms with E-state index < -0.39 is 28.3 Å². The highest BCUT2D eigenvalue weighted by atomic mass is 16.6. The highest BCUT2D eigenvalue weighted by Gasteiger charge is 2.28. The monoisotopic (exact) mass is 298 g/mol. The first-order valence-electron chi connectivity index (χ1n) is 6.55. The van der Waals surface area contributed by atoms with Crippen LogP contribution in [0.2, 0.25) is 0 Å². The molecule has 0 aromatic carbocycles. The summed E-state index contributed by atoms with van der Waals surface area (Å²) in [5.41, 5.74) is -1.31. The average Bonchev–Trinajstić information content (AvgIpc) is 2.83. The third-order valence-corrected chi connectivity index (χ3v) is 3.00. The number of nitro groups is 1. The van der Waals surface area contributed by atoms with Crippen molar-refractivity contribution >= 4 is 17.6 Å². The van der Waals surface area contributed by atoms with Gasteiger partial charge in [-0.25, -0.2) is 4.79 Å². The van der Waals surface area contributed by atoms with E-state index in [1.807, 2.05) is 13.8 Å². The Hall–Kier alpha value is -2.45. The van der Waals surface area contributed by atoms with Crippen molar-refractivity contribution in [3.8, 4) is 0 Å². The smallest absolute Gasteiger partial charge is 0.363 e. The Kier molecular flexibility index (Phi) is 5.39. The van der Waals surface area contributed by atoms with Gasteiger partial charge < -0.3 is 10.4 Å². The quantitative estimate of drug-likeness (QED) is 0.577. The second-order valence-corrected chi connectivity index (χ2v) is 4.78. The number of aromatic nitrogens is 2. The van der Waals surface area contributed by atoms with Crippen molar-refractivity contribution in [1.29, 1.82) is 0 Å². The van der Waals surface area contributed by atoms with Gasteiger partial charge in [-0.05, 0) is 20.3 Å². The Morgan fingerprint density at radius 3 is 2.57 bits per heavy atom. The van der Waals surface area contributed by atoms with E-state index in [4.69, 9.17) is 5.11 Å². The van der Waals surface area contributed by atoms with Crippen LogP contribution in [-0.2, 0) is 4.79 Å². The third kappa shape index (κ3) is 4.01. The van der Waals surface area contributed by atoms with Crippen LogP contribution >= 0.6 is 0 Å². The zero-order chi connectivity index (χ0) is 16.2. The molecular formula is C12H18N4O5. The summed E-state index contributed by atoms with van der Waals surface area (Å²) in [5, 5.41) is 26.0. The summed E-state index contributed by atoms with van der Waals surface area (Å²) < 4.78 is 0.996. The van der Waals surface area contributed by atoms with Gasteiger partial charge in [-0.15, -0.1) is 0 Å². The molecule has 0 saturated heterocycles. The summed E-state index contributed by atoms with van der Waals surface area (Å²) in [6.45, 7) is 5.33. The molecule has 9 nitrogen and oxygen atoms in total. The fourth-order valence-corrected chi connectivity index (χ4v) is 1.86. The van der Waals surface area contributed by atoms with Crippen LogP contribution in [0, 0.1) is 10.1 Å². The topological polar surface area (TPSA) is 127 Å². The van der Waals surface area contributed by atoms with Crippen LogP contribution < -0.4 is 5.32 Å². The van der Waals surface area contributed by atoms with Crippen molar-refractivity contribution in [3.63, 3.8) is 0 Å². The van der Waals surface area contributed by atoms with Gasteiger partial charge in [0.05, 0.1) is 4.92 Å². The summed E-state index contributed by atoms with van der Waals surface area (Å²) in [6.07, 6.45) is 2.67. The maximum absolute atomic E-state index is 12.0. The van der Waals surface area contributed by atoms with Crippen LogP contribution in [0.4, 0.5) is 5.69 Å². The minimum Gasteiger partial charge on any atom is -0.476 e. The SMILES string of the molecule is CCCC(C)NC(=O)C(C)n1cc([N+](=O)[O-])c(C(=O)O)n1. The molecular weight excluding hydrogens is 280 g/mol. The highest BCUT2D eigenvalue weighted by molar-refractivity contribution is 5.90. The molecule has 0 aliphatic heterocycles. The van der Waals surface area contributed by atoms with Gasteiger partial charge in [0.2, 0.25) is 11.6 Å². The van der Waals surface area contributed by atoms with Crippen molar-refractivity contribution in [2.24, 2.45) is 0 Å². The summed E-state index contributed by atoms with van der Waals surface area (Å²) in [6, 6.07) is -0.870. The number of rotatable bonds is 7. The van der Waals surface area contributed by atoms with Gasteiger partial charge in [0.1, 0.15) is 12.2 Å². The van der Waals surface area contributed by atoms with Gasteiger partial charge in [0.25, 0.3) is 0 Å². The van der Waals surface area contributed by atoms with Crippen LogP contribution in [0.15, 0.2) is 6.20 Å². The fourth-order valence-electron chi connectivity index (χ4n) is 1.86. The number of carboxylic acid groups (broad SMARTS) is 1. The highest BCUT2D eigenvalue weighted by Crippen LogP contribution is 2.19. The van der Waals surface area contributed by atoms with Gasteiger partial charge in [-0.2, -0.15) is 5.10 Å². The summed E-state index contributed by atoms with van der Waals surface area (Å²) in [4.78, 5) is 32.9. The maximum atomic E-state index is 12.0. The lowest BCUT2D eigenvalue weighted by atomic mass is 10.2. The van der Waals surface area contributed by atoms with E-state index in [-0.39, 0.29) is 11.9 Å². The van der Waals surface area contributed by atoms with Crippen molar-refractivity contribution in [1.82, 2.24) is 15.1 Å². The average molecular weight is 298 g/mol. The third-order valence-electron chi connectivity index (χ3n) is 3.00. The zero-order valence-electron chi connectivity index (χ0n) is 12.1. The van der Waals surface area contributed by atoms with Gasteiger partial charge in [-0.3, -0.25) is 19.6 Å². The molecule has 1 heterocycles. The van der Waals surface area contributed by atoms with Crippen LogP contribution in [0.5, 0.6) is 0 Å². The van der Waals surface area contributed by atoms with Crippen LogP contribution in [-0.4, -0.2) is 37.7 Å². The number of hydrogen-bond donors (Lipinski definition) is 2. The van der Waals surface area contributed by atoms with Crippen molar-refractivity contribution < 1.29 is 19.6 Å². The second kappa shape index (κ2) is 6.82. The lowest BCUT2D eigenvalue weighted by Crippen LogP contribution is -2.37. The van der Waals surface area contributed by atoms with E-state index in [9.17, 15) is 19.7 Å². The predicted octanol–water partition coefficient (Wildman–Crippen LogP) is 1.36. The van der Waals surface area contributed by atoms with E-state index in [1.165, 1.54) is 6.92 Å². The van der Waals surface area contributed by atoms with E-state index >= 15 is 0 Å². The molecule has 0 radical (unpaired) electrons. The Balaban J connectivity index is 2.94. The maximum Gasteiger partial charge on any atom is 0.363 e. The molecule has 1 aromatic heterocycles. The molecule has 0 aliphatic rings. The minimum atomic E-state index is -1.51. The molecule has 9 heteroatoms. The van der Waals surface area contributed by atoms with E-state index in [2.05, 4.69) is 10.4 Å². The molecule has 1 amide bonds. The molecule has 0 aliphatic carbocycles. The van der Waals surface area contributed by atoms with Crippen LogP contribution in [0.3, 0.4) is 0 Å². The number of amides is 1.